The van der Waals surface area contributed by atoms with E-state index in [2.05, 4.69) is 10.4 Å². The van der Waals surface area contributed by atoms with Crippen molar-refractivity contribution in [2.75, 3.05) is 20.3 Å². The lowest BCUT2D eigenvalue weighted by molar-refractivity contribution is -0.137. The summed E-state index contributed by atoms with van der Waals surface area (Å²) in [7, 11) is 1.49. The zero-order valence-corrected chi connectivity index (χ0v) is 17.9. The Hall–Kier alpha value is -3.80. The van der Waals surface area contributed by atoms with Gasteiger partial charge in [-0.25, -0.2) is 9.18 Å². The van der Waals surface area contributed by atoms with E-state index in [4.69, 9.17) is 4.74 Å². The van der Waals surface area contributed by atoms with Crippen LogP contribution in [0.5, 0.6) is 0 Å². The van der Waals surface area contributed by atoms with Crippen LogP contribution >= 0.6 is 0 Å². The third-order valence-electron chi connectivity index (χ3n) is 4.78. The molecule has 12 heteroatoms. The first-order chi connectivity index (χ1) is 16.1. The van der Waals surface area contributed by atoms with Crippen molar-refractivity contribution < 1.29 is 27.1 Å². The highest BCUT2D eigenvalue weighted by Gasteiger charge is 2.30. The van der Waals surface area contributed by atoms with E-state index in [0.717, 1.165) is 41.1 Å². The van der Waals surface area contributed by atoms with Crippen molar-refractivity contribution in [3.8, 4) is 5.69 Å². The second kappa shape index (κ2) is 10.4. The minimum Gasteiger partial charge on any atom is -0.385 e. The van der Waals surface area contributed by atoms with Crippen molar-refractivity contribution in [2.45, 2.75) is 19.1 Å². The quantitative estimate of drug-likeness (QED) is 0.395. The predicted octanol–water partition coefficient (Wildman–Crippen LogP) is 2.37. The minimum absolute atomic E-state index is 0.0843. The van der Waals surface area contributed by atoms with E-state index in [1.807, 2.05) is 0 Å². The number of nitrogens with one attached hydrogen (secondary N) is 1. The second-order valence-corrected chi connectivity index (χ2v) is 7.21. The minimum atomic E-state index is -4.55. The normalized spacial score (nSPS) is 11.4. The number of aromatic nitrogens is 3. The zero-order chi connectivity index (χ0) is 24.9. The SMILES string of the molecule is COCCCNC(=O)c1nn(-c2ccc(F)cc2)c(=O)n(Cc2ccc(C(F)(F)F)cc2)c1=O. The van der Waals surface area contributed by atoms with Crippen LogP contribution in [0, 0.1) is 5.82 Å². The maximum atomic E-state index is 13.3. The molecule has 0 bridgehead atoms. The summed E-state index contributed by atoms with van der Waals surface area (Å²) < 4.78 is 58.2. The molecule has 1 amide bonds. The maximum Gasteiger partial charge on any atom is 0.416 e. The van der Waals surface area contributed by atoms with Crippen molar-refractivity contribution >= 4 is 5.91 Å². The molecule has 0 saturated heterocycles. The van der Waals surface area contributed by atoms with Crippen LogP contribution in [0.1, 0.15) is 28.0 Å². The average molecular weight is 480 g/mol. The number of hydrogen-bond acceptors (Lipinski definition) is 5. The van der Waals surface area contributed by atoms with Gasteiger partial charge in [0.15, 0.2) is 0 Å². The highest BCUT2D eigenvalue weighted by molar-refractivity contribution is 5.91. The fourth-order valence-electron chi connectivity index (χ4n) is 3.03. The third-order valence-corrected chi connectivity index (χ3v) is 4.78. The van der Waals surface area contributed by atoms with E-state index in [1.54, 1.807) is 0 Å². The number of amides is 1. The van der Waals surface area contributed by atoms with Crippen molar-refractivity contribution in [3.63, 3.8) is 0 Å². The van der Waals surface area contributed by atoms with Crippen LogP contribution in [0.3, 0.4) is 0 Å². The number of nitrogens with zero attached hydrogens (tertiary/aromatic N) is 3. The summed E-state index contributed by atoms with van der Waals surface area (Å²) in [6.07, 6.45) is -4.09. The van der Waals surface area contributed by atoms with Gasteiger partial charge in [0.1, 0.15) is 5.82 Å². The second-order valence-electron chi connectivity index (χ2n) is 7.21. The summed E-state index contributed by atoms with van der Waals surface area (Å²) in [4.78, 5) is 38.6. The first-order valence-electron chi connectivity index (χ1n) is 10.0. The number of carbonyl (C=O) groups excluding carboxylic acids is 1. The average Bonchev–Trinajstić information content (AvgIpc) is 2.80. The van der Waals surface area contributed by atoms with E-state index in [0.29, 0.717) is 17.6 Å². The number of alkyl halides is 3. The van der Waals surface area contributed by atoms with Gasteiger partial charge in [-0.15, -0.1) is 0 Å². The molecule has 0 aliphatic carbocycles. The Bertz CT molecular complexity index is 1270. The topological polar surface area (TPSA) is 95.2 Å². The fourth-order valence-corrected chi connectivity index (χ4v) is 3.03. The van der Waals surface area contributed by atoms with E-state index in [1.165, 1.54) is 19.2 Å². The van der Waals surface area contributed by atoms with Gasteiger partial charge in [-0.05, 0) is 48.4 Å². The molecule has 34 heavy (non-hydrogen) atoms. The van der Waals surface area contributed by atoms with E-state index in [9.17, 15) is 31.9 Å². The molecule has 0 aliphatic heterocycles. The van der Waals surface area contributed by atoms with Gasteiger partial charge in [-0.2, -0.15) is 23.0 Å². The van der Waals surface area contributed by atoms with Gasteiger partial charge in [-0.1, -0.05) is 12.1 Å². The summed E-state index contributed by atoms with van der Waals surface area (Å²) in [6.45, 7) is 0.118. The fraction of sp³-hybridized carbons (Fsp3) is 0.273. The number of hydrogen-bond donors (Lipinski definition) is 1. The van der Waals surface area contributed by atoms with Crippen molar-refractivity contribution in [1.29, 1.82) is 0 Å². The van der Waals surface area contributed by atoms with Gasteiger partial charge < -0.3 is 10.1 Å². The molecule has 1 aromatic heterocycles. The molecule has 1 heterocycles. The molecular formula is C22H20F4N4O4. The lowest BCUT2D eigenvalue weighted by Crippen LogP contribution is -2.46. The number of rotatable bonds is 8. The first kappa shape index (κ1) is 24.8. The van der Waals surface area contributed by atoms with Gasteiger partial charge in [0.25, 0.3) is 11.5 Å². The van der Waals surface area contributed by atoms with Gasteiger partial charge in [0.05, 0.1) is 17.8 Å². The Morgan fingerprint density at radius 3 is 2.29 bits per heavy atom. The number of halogens is 4. The number of benzene rings is 2. The van der Waals surface area contributed by atoms with Crippen LogP contribution in [0.4, 0.5) is 17.6 Å². The summed E-state index contributed by atoms with van der Waals surface area (Å²) in [6, 6.07) is 8.50. The van der Waals surface area contributed by atoms with Crippen LogP contribution in [0.15, 0.2) is 58.1 Å². The molecule has 2 aromatic carbocycles. The third kappa shape index (κ3) is 5.76. The van der Waals surface area contributed by atoms with Crippen LogP contribution in [0.2, 0.25) is 0 Å². The standard InChI is InChI=1S/C22H20F4N4O4/c1-34-12-2-11-27-19(31)18-20(32)29(13-14-3-5-15(6-4-14)22(24,25)26)21(33)30(28-18)17-9-7-16(23)8-10-17/h3-10H,2,11-13H2,1H3,(H,27,31). The molecule has 0 spiro atoms. The Balaban J connectivity index is 2.05. The van der Waals surface area contributed by atoms with E-state index < -0.39 is 47.0 Å². The van der Waals surface area contributed by atoms with Gasteiger partial charge >= 0.3 is 11.9 Å². The zero-order valence-electron chi connectivity index (χ0n) is 17.9. The molecule has 0 fully saturated rings. The molecule has 3 rings (SSSR count). The molecule has 1 N–H and O–H groups in total. The molecule has 0 aliphatic rings. The van der Waals surface area contributed by atoms with Crippen molar-refractivity contribution in [2.24, 2.45) is 0 Å². The molecule has 8 nitrogen and oxygen atoms in total. The van der Waals surface area contributed by atoms with E-state index >= 15 is 0 Å². The summed E-state index contributed by atoms with van der Waals surface area (Å²) in [5, 5.41) is 6.38. The smallest absolute Gasteiger partial charge is 0.385 e. The predicted molar refractivity (Wildman–Crippen MR) is 113 cm³/mol. The highest BCUT2D eigenvalue weighted by Crippen LogP contribution is 2.29. The lowest BCUT2D eigenvalue weighted by Gasteiger charge is -2.13. The summed E-state index contributed by atoms with van der Waals surface area (Å²) >= 11 is 0. The molecule has 0 unspecified atom stereocenters. The molecule has 0 radical (unpaired) electrons. The molecule has 0 atom stereocenters. The van der Waals surface area contributed by atoms with Crippen molar-refractivity contribution in [1.82, 2.24) is 19.7 Å². The Morgan fingerprint density at radius 1 is 1.06 bits per heavy atom. The van der Waals surface area contributed by atoms with Crippen LogP contribution in [-0.2, 0) is 17.5 Å². The molecule has 0 saturated carbocycles. The first-order valence-corrected chi connectivity index (χ1v) is 10.0. The molecule has 3 aromatic rings. The number of ether oxygens (including phenoxy) is 1. The highest BCUT2D eigenvalue weighted by atomic mass is 19.4. The van der Waals surface area contributed by atoms with Crippen LogP contribution < -0.4 is 16.6 Å². The monoisotopic (exact) mass is 480 g/mol. The lowest BCUT2D eigenvalue weighted by atomic mass is 10.1. The van der Waals surface area contributed by atoms with Gasteiger partial charge in [0, 0.05) is 20.3 Å². The molecule has 180 valence electrons. The maximum absolute atomic E-state index is 13.3. The Labute approximate surface area is 190 Å². The van der Waals surface area contributed by atoms with E-state index in [-0.39, 0.29) is 17.8 Å². The van der Waals surface area contributed by atoms with Crippen LogP contribution in [-0.4, -0.2) is 40.5 Å². The van der Waals surface area contributed by atoms with Crippen molar-refractivity contribution in [3.05, 3.63) is 92.0 Å². The van der Waals surface area contributed by atoms with Gasteiger partial charge in [0.2, 0.25) is 5.69 Å². The van der Waals surface area contributed by atoms with Gasteiger partial charge in [-0.3, -0.25) is 14.2 Å². The molecular weight excluding hydrogens is 460 g/mol. The summed E-state index contributed by atoms with van der Waals surface area (Å²) in [5.41, 5.74) is -3.16. The Morgan fingerprint density at radius 2 is 1.71 bits per heavy atom. The number of carbonyl (C=O) groups is 1. The summed E-state index contributed by atoms with van der Waals surface area (Å²) in [5.74, 6) is -1.43. The largest absolute Gasteiger partial charge is 0.416 e. The van der Waals surface area contributed by atoms with Crippen LogP contribution in [0.25, 0.3) is 5.69 Å². The Kier molecular flexibility index (Phi) is 7.61. The number of methoxy groups -OCH3 is 1.